The Labute approximate surface area is 159 Å². The van der Waals surface area contributed by atoms with Gasteiger partial charge in [-0.25, -0.2) is 0 Å². The molecule has 0 bridgehead atoms. The van der Waals surface area contributed by atoms with Crippen molar-refractivity contribution in [3.63, 3.8) is 0 Å². The van der Waals surface area contributed by atoms with Gasteiger partial charge < -0.3 is 18.9 Å². The van der Waals surface area contributed by atoms with Crippen molar-refractivity contribution in [3.05, 3.63) is 35.4 Å². The second-order valence-electron chi connectivity index (χ2n) is 4.94. The van der Waals surface area contributed by atoms with Crippen LogP contribution in [-0.2, 0) is 10.7 Å². The van der Waals surface area contributed by atoms with Crippen LogP contribution in [0.1, 0.15) is 11.1 Å². The number of methoxy groups -OCH3 is 4. The minimum Gasteiger partial charge on any atom is -0.493 e. The molecule has 0 aliphatic heterocycles. The van der Waals surface area contributed by atoms with Gasteiger partial charge in [0, 0.05) is 32.9 Å². The summed E-state index contributed by atoms with van der Waals surface area (Å²) in [5.41, 5.74) is 3.80. The molecule has 2 aromatic carbocycles. The summed E-state index contributed by atoms with van der Waals surface area (Å²) in [5.74, 6) is 2.75. The van der Waals surface area contributed by atoms with E-state index in [1.165, 1.54) is 0 Å². The zero-order valence-electron chi connectivity index (χ0n) is 14.1. The van der Waals surface area contributed by atoms with Crippen molar-refractivity contribution in [2.45, 2.75) is 10.7 Å². The van der Waals surface area contributed by atoms with Gasteiger partial charge in [-0.15, -0.1) is 0 Å². The van der Waals surface area contributed by atoms with E-state index in [1.54, 1.807) is 28.4 Å². The minimum atomic E-state index is 0.668. The first-order chi connectivity index (χ1) is 11.7. The molecule has 0 atom stereocenters. The Morgan fingerprint density at radius 2 is 0.917 bits per heavy atom. The molecule has 0 fully saturated rings. The quantitative estimate of drug-likeness (QED) is 0.534. The zero-order valence-corrected chi connectivity index (χ0v) is 17.3. The highest BCUT2D eigenvalue weighted by Crippen LogP contribution is 2.47. The zero-order chi connectivity index (χ0) is 17.7. The molecule has 0 aliphatic carbocycles. The molecule has 0 heterocycles. The Hall–Kier alpha value is -1.40. The van der Waals surface area contributed by atoms with Gasteiger partial charge in [0.25, 0.3) is 0 Å². The predicted molar refractivity (Wildman–Crippen MR) is 103 cm³/mol. The van der Waals surface area contributed by atoms with Crippen LogP contribution >= 0.6 is 31.9 Å². The summed E-state index contributed by atoms with van der Waals surface area (Å²) in [6.07, 6.45) is 0. The average Bonchev–Trinajstić information content (AvgIpc) is 2.64. The fourth-order valence-corrected chi connectivity index (χ4v) is 3.58. The molecule has 2 aromatic rings. The minimum absolute atomic E-state index is 0.668. The van der Waals surface area contributed by atoms with Crippen LogP contribution in [0.15, 0.2) is 24.3 Å². The molecule has 0 unspecified atom stereocenters. The van der Waals surface area contributed by atoms with Gasteiger partial charge in [0.15, 0.2) is 23.0 Å². The van der Waals surface area contributed by atoms with E-state index in [4.69, 9.17) is 18.9 Å². The molecule has 24 heavy (non-hydrogen) atoms. The van der Waals surface area contributed by atoms with E-state index < -0.39 is 0 Å². The average molecular weight is 460 g/mol. The molecule has 0 saturated carbocycles. The maximum absolute atomic E-state index is 5.64. The van der Waals surface area contributed by atoms with Gasteiger partial charge in [-0.3, -0.25) is 0 Å². The van der Waals surface area contributed by atoms with Crippen molar-refractivity contribution >= 4 is 31.9 Å². The molecule has 0 aromatic heterocycles. The lowest BCUT2D eigenvalue weighted by Crippen LogP contribution is -2.00. The summed E-state index contributed by atoms with van der Waals surface area (Å²) >= 11 is 6.96. The molecule has 0 radical (unpaired) electrons. The summed E-state index contributed by atoms with van der Waals surface area (Å²) in [7, 11) is 6.55. The first-order valence-electron chi connectivity index (χ1n) is 7.26. The SMILES string of the molecule is COc1c(CBr)ccc(-c2ccc(CBr)c(OC)c2OC)c1OC. The van der Waals surface area contributed by atoms with E-state index >= 15 is 0 Å². The van der Waals surface area contributed by atoms with Gasteiger partial charge in [-0.05, 0) is 12.1 Å². The van der Waals surface area contributed by atoms with E-state index in [9.17, 15) is 0 Å². The van der Waals surface area contributed by atoms with Crippen LogP contribution in [0.3, 0.4) is 0 Å². The van der Waals surface area contributed by atoms with Gasteiger partial charge in [0.2, 0.25) is 0 Å². The van der Waals surface area contributed by atoms with E-state index in [-0.39, 0.29) is 0 Å². The van der Waals surface area contributed by atoms with E-state index in [0.717, 1.165) is 22.3 Å². The first kappa shape index (κ1) is 18.9. The normalized spacial score (nSPS) is 10.4. The fourth-order valence-electron chi connectivity index (χ4n) is 2.69. The molecule has 0 N–H and O–H groups in total. The van der Waals surface area contributed by atoms with Gasteiger partial charge >= 0.3 is 0 Å². The molecule has 0 aliphatic rings. The van der Waals surface area contributed by atoms with Crippen molar-refractivity contribution in [1.29, 1.82) is 0 Å². The Balaban J connectivity index is 2.77. The van der Waals surface area contributed by atoms with Crippen molar-refractivity contribution in [1.82, 2.24) is 0 Å². The monoisotopic (exact) mass is 458 g/mol. The Kier molecular flexibility index (Phi) is 6.80. The number of hydrogen-bond donors (Lipinski definition) is 0. The van der Waals surface area contributed by atoms with Crippen LogP contribution in [0.25, 0.3) is 11.1 Å². The van der Waals surface area contributed by atoms with Gasteiger partial charge in [-0.2, -0.15) is 0 Å². The topological polar surface area (TPSA) is 36.9 Å². The molecule has 130 valence electrons. The van der Waals surface area contributed by atoms with Crippen LogP contribution < -0.4 is 18.9 Å². The number of ether oxygens (including phenoxy) is 4. The van der Waals surface area contributed by atoms with E-state index in [1.807, 2.05) is 24.3 Å². The molecule has 0 amide bonds. The van der Waals surface area contributed by atoms with Crippen LogP contribution in [0.4, 0.5) is 0 Å². The maximum Gasteiger partial charge on any atom is 0.168 e. The third kappa shape index (κ3) is 3.35. The Morgan fingerprint density at radius 1 is 0.583 bits per heavy atom. The highest BCUT2D eigenvalue weighted by atomic mass is 79.9. The van der Waals surface area contributed by atoms with Crippen molar-refractivity contribution in [2.24, 2.45) is 0 Å². The van der Waals surface area contributed by atoms with Crippen LogP contribution in [0.2, 0.25) is 0 Å². The molecule has 2 rings (SSSR count). The lowest BCUT2D eigenvalue weighted by Gasteiger charge is -2.19. The third-order valence-electron chi connectivity index (χ3n) is 3.78. The first-order valence-corrected chi connectivity index (χ1v) is 9.51. The Morgan fingerprint density at radius 3 is 1.17 bits per heavy atom. The summed E-state index contributed by atoms with van der Waals surface area (Å²) in [6, 6.07) is 8.03. The van der Waals surface area contributed by atoms with Gasteiger partial charge in [0.05, 0.1) is 28.4 Å². The maximum atomic E-state index is 5.64. The summed E-state index contributed by atoms with van der Waals surface area (Å²) in [6.45, 7) is 0. The second kappa shape index (κ2) is 8.62. The van der Waals surface area contributed by atoms with Crippen LogP contribution in [-0.4, -0.2) is 28.4 Å². The highest BCUT2D eigenvalue weighted by Gasteiger charge is 2.21. The summed E-state index contributed by atoms with van der Waals surface area (Å²) in [4.78, 5) is 0. The van der Waals surface area contributed by atoms with Gasteiger partial charge in [-0.1, -0.05) is 44.0 Å². The number of alkyl halides is 2. The summed E-state index contributed by atoms with van der Waals surface area (Å²) in [5, 5.41) is 1.35. The van der Waals surface area contributed by atoms with Crippen LogP contribution in [0.5, 0.6) is 23.0 Å². The number of benzene rings is 2. The molecule has 6 heteroatoms. The van der Waals surface area contributed by atoms with Crippen LogP contribution in [0, 0.1) is 0 Å². The summed E-state index contributed by atoms with van der Waals surface area (Å²) < 4.78 is 22.4. The van der Waals surface area contributed by atoms with Crippen molar-refractivity contribution in [2.75, 3.05) is 28.4 Å². The molecule has 0 spiro atoms. The largest absolute Gasteiger partial charge is 0.493 e. The smallest absolute Gasteiger partial charge is 0.168 e. The molecule has 4 nitrogen and oxygen atoms in total. The highest BCUT2D eigenvalue weighted by molar-refractivity contribution is 9.08. The predicted octanol–water partition coefficient (Wildman–Crippen LogP) is 5.18. The van der Waals surface area contributed by atoms with Gasteiger partial charge in [0.1, 0.15) is 0 Å². The number of hydrogen-bond acceptors (Lipinski definition) is 4. The van der Waals surface area contributed by atoms with Crippen molar-refractivity contribution in [3.8, 4) is 34.1 Å². The fraction of sp³-hybridized carbons (Fsp3) is 0.333. The lowest BCUT2D eigenvalue weighted by atomic mass is 9.99. The second-order valence-corrected chi connectivity index (χ2v) is 6.07. The molecular formula is C18H20Br2O4. The standard InChI is InChI=1S/C18H20Br2O4/c1-21-15-11(9-19)5-7-13(17(15)23-3)14-8-6-12(10-20)16(22-2)18(14)24-4/h5-8H,9-10H2,1-4H3. The number of rotatable bonds is 7. The third-order valence-corrected chi connectivity index (χ3v) is 4.99. The lowest BCUT2D eigenvalue weighted by molar-refractivity contribution is 0.349. The molecule has 0 saturated heterocycles. The van der Waals surface area contributed by atoms with E-state index in [0.29, 0.717) is 33.7 Å². The molecular weight excluding hydrogens is 440 g/mol. The van der Waals surface area contributed by atoms with E-state index in [2.05, 4.69) is 31.9 Å². The van der Waals surface area contributed by atoms with Crippen molar-refractivity contribution < 1.29 is 18.9 Å². The number of halogens is 2. The Bertz CT molecular complexity index is 655.